The van der Waals surface area contributed by atoms with Crippen molar-refractivity contribution in [3.63, 3.8) is 0 Å². The lowest BCUT2D eigenvalue weighted by molar-refractivity contribution is 0.100. The van der Waals surface area contributed by atoms with Crippen molar-refractivity contribution < 1.29 is 4.79 Å². The normalized spacial score (nSPS) is 21.9. The van der Waals surface area contributed by atoms with E-state index in [0.29, 0.717) is 5.56 Å². The third-order valence-corrected chi connectivity index (χ3v) is 4.79. The molecule has 1 saturated carbocycles. The van der Waals surface area contributed by atoms with Gasteiger partial charge in [-0.1, -0.05) is 19.3 Å². The van der Waals surface area contributed by atoms with Crippen molar-refractivity contribution in [3.8, 4) is 0 Å². The van der Waals surface area contributed by atoms with Crippen molar-refractivity contribution in [2.24, 2.45) is 5.73 Å². The highest BCUT2D eigenvalue weighted by Gasteiger charge is 2.39. The second kappa shape index (κ2) is 5.44. The molecule has 4 heteroatoms. The molecule has 2 aliphatic rings. The van der Waals surface area contributed by atoms with Gasteiger partial charge in [0.05, 0.1) is 5.54 Å². The third-order valence-electron chi connectivity index (χ3n) is 4.79. The first kappa shape index (κ1) is 13.4. The molecule has 3 N–H and O–H groups in total. The average Bonchev–Trinajstić information content (AvgIpc) is 2.49. The molecule has 1 heterocycles. The molecule has 1 aliphatic heterocycles. The number of carbonyl (C=O) groups excluding carboxylic acids is 1. The van der Waals surface area contributed by atoms with Gasteiger partial charge >= 0.3 is 0 Å². The zero-order chi connectivity index (χ0) is 14.0. The number of nitrogens with one attached hydrogen (secondary N) is 1. The Labute approximate surface area is 120 Å². The van der Waals surface area contributed by atoms with Crippen LogP contribution in [0.5, 0.6) is 0 Å². The van der Waals surface area contributed by atoms with Gasteiger partial charge in [0.15, 0.2) is 0 Å². The maximum atomic E-state index is 11.2. The van der Waals surface area contributed by atoms with Gasteiger partial charge in [-0.2, -0.15) is 0 Å². The van der Waals surface area contributed by atoms with E-state index in [4.69, 9.17) is 5.73 Å². The standard InChI is InChI=1S/C16H23N3O/c17-15(20)13-4-6-14(7-5-13)19-11-10-18-12-16(19)8-2-1-3-9-16/h4-7,18H,1-3,8-12H2,(H2,17,20). The monoisotopic (exact) mass is 273 g/mol. The van der Waals surface area contributed by atoms with Crippen LogP contribution >= 0.6 is 0 Å². The summed E-state index contributed by atoms with van der Waals surface area (Å²) in [6.45, 7) is 3.14. The number of piperazine rings is 1. The predicted octanol–water partition coefficient (Wildman–Crippen LogP) is 1.90. The highest BCUT2D eigenvalue weighted by Crippen LogP contribution is 2.37. The molecule has 0 aromatic heterocycles. The van der Waals surface area contributed by atoms with Crippen molar-refractivity contribution >= 4 is 11.6 Å². The maximum absolute atomic E-state index is 11.2. The van der Waals surface area contributed by atoms with E-state index in [1.165, 1.54) is 37.8 Å². The molecule has 0 atom stereocenters. The van der Waals surface area contributed by atoms with Gasteiger partial charge < -0.3 is 16.0 Å². The first-order valence-corrected chi connectivity index (χ1v) is 7.60. The Kier molecular flexibility index (Phi) is 3.66. The van der Waals surface area contributed by atoms with Crippen molar-refractivity contribution in [1.29, 1.82) is 0 Å². The first-order valence-electron chi connectivity index (χ1n) is 7.60. The van der Waals surface area contributed by atoms with Crippen molar-refractivity contribution in [2.75, 3.05) is 24.5 Å². The summed E-state index contributed by atoms with van der Waals surface area (Å²) in [5, 5.41) is 3.56. The van der Waals surface area contributed by atoms with Crippen LogP contribution in [0.1, 0.15) is 42.5 Å². The Morgan fingerprint density at radius 1 is 1.15 bits per heavy atom. The summed E-state index contributed by atoms with van der Waals surface area (Å²) in [4.78, 5) is 13.7. The number of nitrogens with two attached hydrogens (primary N) is 1. The van der Waals surface area contributed by atoms with Gasteiger partial charge in [-0.3, -0.25) is 4.79 Å². The number of benzene rings is 1. The fraction of sp³-hybridized carbons (Fsp3) is 0.562. The molecule has 1 amide bonds. The average molecular weight is 273 g/mol. The highest BCUT2D eigenvalue weighted by atomic mass is 16.1. The Morgan fingerprint density at radius 2 is 1.85 bits per heavy atom. The Bertz CT molecular complexity index is 469. The number of rotatable bonds is 2. The minimum absolute atomic E-state index is 0.269. The van der Waals surface area contributed by atoms with Gasteiger partial charge in [0, 0.05) is 30.9 Å². The molecule has 1 aromatic carbocycles. The largest absolute Gasteiger partial charge is 0.366 e. The van der Waals surface area contributed by atoms with Crippen LogP contribution in [-0.2, 0) is 0 Å². The van der Waals surface area contributed by atoms with Crippen LogP contribution < -0.4 is 16.0 Å². The van der Waals surface area contributed by atoms with Crippen LogP contribution in [0, 0.1) is 0 Å². The van der Waals surface area contributed by atoms with Gasteiger partial charge in [-0.05, 0) is 37.1 Å². The number of nitrogens with zero attached hydrogens (tertiary/aromatic N) is 1. The third kappa shape index (κ3) is 2.40. The molecule has 0 unspecified atom stereocenters. The molecule has 0 radical (unpaired) electrons. The van der Waals surface area contributed by atoms with Crippen LogP contribution in [0.4, 0.5) is 5.69 Å². The van der Waals surface area contributed by atoms with Crippen LogP contribution in [0.15, 0.2) is 24.3 Å². The molecular formula is C16H23N3O. The molecule has 0 bridgehead atoms. The fourth-order valence-electron chi connectivity index (χ4n) is 3.71. The molecule has 2 fully saturated rings. The first-order chi connectivity index (χ1) is 9.71. The predicted molar refractivity (Wildman–Crippen MR) is 81.0 cm³/mol. The van der Waals surface area contributed by atoms with Crippen LogP contribution in [-0.4, -0.2) is 31.1 Å². The van der Waals surface area contributed by atoms with Crippen LogP contribution in [0.3, 0.4) is 0 Å². The Balaban J connectivity index is 1.87. The van der Waals surface area contributed by atoms with Gasteiger partial charge in [0.1, 0.15) is 0 Å². The quantitative estimate of drug-likeness (QED) is 0.865. The number of primary amides is 1. The van der Waals surface area contributed by atoms with Crippen molar-refractivity contribution in [3.05, 3.63) is 29.8 Å². The van der Waals surface area contributed by atoms with Crippen molar-refractivity contribution in [2.45, 2.75) is 37.6 Å². The summed E-state index contributed by atoms with van der Waals surface area (Å²) >= 11 is 0. The van der Waals surface area contributed by atoms with Crippen molar-refractivity contribution in [1.82, 2.24) is 5.32 Å². The molecule has 20 heavy (non-hydrogen) atoms. The second-order valence-corrected chi connectivity index (χ2v) is 6.02. The van der Waals surface area contributed by atoms with Gasteiger partial charge in [-0.25, -0.2) is 0 Å². The Hall–Kier alpha value is -1.55. The van der Waals surface area contributed by atoms with Crippen LogP contribution in [0.25, 0.3) is 0 Å². The zero-order valence-corrected chi connectivity index (χ0v) is 11.9. The highest BCUT2D eigenvalue weighted by molar-refractivity contribution is 5.93. The molecule has 1 spiro atoms. The summed E-state index contributed by atoms with van der Waals surface area (Å²) in [7, 11) is 0. The minimum atomic E-state index is -0.357. The van der Waals surface area contributed by atoms with E-state index >= 15 is 0 Å². The minimum Gasteiger partial charge on any atom is -0.366 e. The van der Waals surface area contributed by atoms with Gasteiger partial charge in [0.2, 0.25) is 5.91 Å². The number of hydrogen-bond donors (Lipinski definition) is 2. The molecule has 3 rings (SSSR count). The summed E-state index contributed by atoms with van der Waals surface area (Å²) in [6.07, 6.45) is 6.51. The zero-order valence-electron chi connectivity index (χ0n) is 11.9. The van der Waals surface area contributed by atoms with E-state index in [0.717, 1.165) is 19.6 Å². The molecule has 108 valence electrons. The molecule has 1 aromatic rings. The summed E-state index contributed by atoms with van der Waals surface area (Å²) in [6, 6.07) is 7.77. The second-order valence-electron chi connectivity index (χ2n) is 6.02. The van der Waals surface area contributed by atoms with E-state index in [1.54, 1.807) is 0 Å². The maximum Gasteiger partial charge on any atom is 0.248 e. The molecule has 4 nitrogen and oxygen atoms in total. The fourth-order valence-corrected chi connectivity index (χ4v) is 3.71. The number of hydrogen-bond acceptors (Lipinski definition) is 3. The lowest BCUT2D eigenvalue weighted by atomic mass is 9.78. The van der Waals surface area contributed by atoms with Gasteiger partial charge in [0.25, 0.3) is 0 Å². The van der Waals surface area contributed by atoms with E-state index in [1.807, 2.05) is 24.3 Å². The molecule has 1 aliphatic carbocycles. The molecule has 1 saturated heterocycles. The SMILES string of the molecule is NC(=O)c1ccc(N2CCNCC23CCCCC3)cc1. The van der Waals surface area contributed by atoms with E-state index in [9.17, 15) is 4.79 Å². The van der Waals surface area contributed by atoms with Crippen LogP contribution in [0.2, 0.25) is 0 Å². The number of anilines is 1. The van der Waals surface area contributed by atoms with Gasteiger partial charge in [-0.15, -0.1) is 0 Å². The molecular weight excluding hydrogens is 250 g/mol. The lowest BCUT2D eigenvalue weighted by Crippen LogP contribution is -2.62. The number of amides is 1. The summed E-state index contributed by atoms with van der Waals surface area (Å²) < 4.78 is 0. The smallest absolute Gasteiger partial charge is 0.248 e. The lowest BCUT2D eigenvalue weighted by Gasteiger charge is -2.51. The van der Waals surface area contributed by atoms with E-state index in [2.05, 4.69) is 10.2 Å². The summed E-state index contributed by atoms with van der Waals surface area (Å²) in [5.74, 6) is -0.357. The topological polar surface area (TPSA) is 58.4 Å². The Morgan fingerprint density at radius 3 is 2.50 bits per heavy atom. The van der Waals surface area contributed by atoms with E-state index < -0.39 is 0 Å². The van der Waals surface area contributed by atoms with E-state index in [-0.39, 0.29) is 11.4 Å². The summed E-state index contributed by atoms with van der Waals surface area (Å²) in [5.41, 5.74) is 7.39. The number of carbonyl (C=O) groups is 1.